The normalized spacial score (nSPS) is 11.3. The van der Waals surface area contributed by atoms with Gasteiger partial charge in [-0.3, -0.25) is 4.72 Å². The molecular weight excluding hydrogens is 373 g/mol. The Balaban J connectivity index is 2.32. The maximum absolute atomic E-state index is 12.2. The highest BCUT2D eigenvalue weighted by Crippen LogP contribution is 2.19. The van der Waals surface area contributed by atoms with Gasteiger partial charge in [-0.15, -0.1) is 0 Å². The van der Waals surface area contributed by atoms with E-state index < -0.39 is 10.0 Å². The summed E-state index contributed by atoms with van der Waals surface area (Å²) in [6.07, 6.45) is 0. The van der Waals surface area contributed by atoms with Gasteiger partial charge in [0.05, 0.1) is 4.90 Å². The molecule has 0 spiro atoms. The van der Waals surface area contributed by atoms with Crippen LogP contribution in [0.5, 0.6) is 0 Å². The van der Waals surface area contributed by atoms with Crippen molar-refractivity contribution in [3.8, 4) is 0 Å². The number of halogens is 1. The number of hydrogen-bond donors (Lipinski definition) is 1. The van der Waals surface area contributed by atoms with Gasteiger partial charge in [0.25, 0.3) is 10.0 Å². The van der Waals surface area contributed by atoms with Crippen molar-refractivity contribution in [3.63, 3.8) is 0 Å². The molecule has 19 heavy (non-hydrogen) atoms. The first-order valence-corrected chi connectivity index (χ1v) is 8.30. The van der Waals surface area contributed by atoms with Gasteiger partial charge in [0.15, 0.2) is 0 Å². The van der Waals surface area contributed by atoms with Gasteiger partial charge in [-0.05, 0) is 84.0 Å². The van der Waals surface area contributed by atoms with E-state index in [1.165, 1.54) is 0 Å². The van der Waals surface area contributed by atoms with Crippen molar-refractivity contribution in [2.45, 2.75) is 18.7 Å². The Labute approximate surface area is 127 Å². The molecule has 0 aromatic heterocycles. The van der Waals surface area contributed by atoms with Gasteiger partial charge in [-0.2, -0.15) is 0 Å². The molecule has 2 rings (SSSR count). The number of anilines is 1. The largest absolute Gasteiger partial charge is 0.280 e. The van der Waals surface area contributed by atoms with E-state index in [1.807, 2.05) is 32.0 Å². The van der Waals surface area contributed by atoms with Gasteiger partial charge in [0, 0.05) is 9.26 Å². The smallest absolute Gasteiger partial charge is 0.261 e. The highest BCUT2D eigenvalue weighted by molar-refractivity contribution is 14.1. The Morgan fingerprint density at radius 3 is 2.16 bits per heavy atom. The van der Waals surface area contributed by atoms with E-state index in [2.05, 4.69) is 27.3 Å². The molecule has 0 unspecified atom stereocenters. The van der Waals surface area contributed by atoms with Crippen LogP contribution in [0, 0.1) is 17.4 Å². The fraction of sp³-hybridized carbons (Fsp3) is 0.143. The second-order valence-corrected chi connectivity index (χ2v) is 7.29. The third-order valence-corrected chi connectivity index (χ3v) is 4.98. The monoisotopic (exact) mass is 387 g/mol. The van der Waals surface area contributed by atoms with Gasteiger partial charge in [0.1, 0.15) is 0 Å². The van der Waals surface area contributed by atoms with E-state index >= 15 is 0 Å². The van der Waals surface area contributed by atoms with Crippen molar-refractivity contribution in [3.05, 3.63) is 57.2 Å². The first-order valence-electron chi connectivity index (χ1n) is 5.74. The van der Waals surface area contributed by atoms with Gasteiger partial charge in [-0.25, -0.2) is 8.42 Å². The molecule has 0 bridgehead atoms. The van der Waals surface area contributed by atoms with Gasteiger partial charge >= 0.3 is 0 Å². The number of aryl methyl sites for hydroxylation is 2. The average molecular weight is 387 g/mol. The van der Waals surface area contributed by atoms with Crippen molar-refractivity contribution in [2.24, 2.45) is 0 Å². The Morgan fingerprint density at radius 1 is 0.947 bits per heavy atom. The summed E-state index contributed by atoms with van der Waals surface area (Å²) in [5, 5.41) is 0. The first-order chi connectivity index (χ1) is 8.88. The lowest BCUT2D eigenvalue weighted by atomic mass is 10.1. The predicted octanol–water partition coefficient (Wildman–Crippen LogP) is 3.71. The highest BCUT2D eigenvalue weighted by Gasteiger charge is 2.14. The number of benzene rings is 2. The predicted molar refractivity (Wildman–Crippen MR) is 85.9 cm³/mol. The molecule has 2 aromatic rings. The minimum atomic E-state index is -3.52. The Hall–Kier alpha value is -1.08. The lowest BCUT2D eigenvalue weighted by Gasteiger charge is -2.09. The zero-order valence-corrected chi connectivity index (χ0v) is 13.6. The number of hydrogen-bond acceptors (Lipinski definition) is 2. The zero-order chi connectivity index (χ0) is 14.0. The molecule has 2 aromatic carbocycles. The number of nitrogens with one attached hydrogen (secondary N) is 1. The van der Waals surface area contributed by atoms with E-state index in [1.54, 1.807) is 24.3 Å². The zero-order valence-electron chi connectivity index (χ0n) is 10.6. The molecule has 0 heterocycles. The van der Waals surface area contributed by atoms with Crippen LogP contribution in [0.2, 0.25) is 0 Å². The molecule has 0 aliphatic carbocycles. The summed E-state index contributed by atoms with van der Waals surface area (Å²) in [6, 6.07) is 12.3. The minimum absolute atomic E-state index is 0.286. The summed E-state index contributed by atoms with van der Waals surface area (Å²) >= 11 is 2.18. The molecule has 0 amide bonds. The lowest BCUT2D eigenvalue weighted by Crippen LogP contribution is -2.13. The maximum atomic E-state index is 12.2. The molecule has 100 valence electrons. The Bertz CT molecular complexity index is 694. The molecule has 1 N–H and O–H groups in total. The molecule has 0 saturated carbocycles. The molecule has 3 nitrogen and oxygen atoms in total. The van der Waals surface area contributed by atoms with E-state index in [4.69, 9.17) is 0 Å². The van der Waals surface area contributed by atoms with Crippen LogP contribution in [0.1, 0.15) is 11.1 Å². The van der Waals surface area contributed by atoms with Crippen LogP contribution in [0.15, 0.2) is 47.4 Å². The first kappa shape index (κ1) is 14.3. The molecule has 0 atom stereocenters. The van der Waals surface area contributed by atoms with Crippen molar-refractivity contribution < 1.29 is 8.42 Å². The van der Waals surface area contributed by atoms with E-state index in [0.29, 0.717) is 5.69 Å². The Morgan fingerprint density at radius 2 is 1.58 bits per heavy atom. The van der Waals surface area contributed by atoms with E-state index in [-0.39, 0.29) is 4.90 Å². The van der Waals surface area contributed by atoms with Gasteiger partial charge in [-0.1, -0.05) is 6.07 Å². The van der Waals surface area contributed by atoms with Crippen LogP contribution in [0.4, 0.5) is 5.69 Å². The van der Waals surface area contributed by atoms with Gasteiger partial charge in [0.2, 0.25) is 0 Å². The van der Waals surface area contributed by atoms with Crippen molar-refractivity contribution >= 4 is 38.3 Å². The standard InChI is InChI=1S/C14H14INO2S/c1-10-3-8-14(9-11(10)2)19(17,18)16-13-6-4-12(15)5-7-13/h3-9,16H,1-2H3. The maximum Gasteiger partial charge on any atom is 0.261 e. The van der Waals surface area contributed by atoms with Crippen LogP contribution in [-0.4, -0.2) is 8.42 Å². The molecule has 0 aliphatic heterocycles. The molecule has 0 radical (unpaired) electrons. The molecule has 5 heteroatoms. The fourth-order valence-corrected chi connectivity index (χ4v) is 3.12. The van der Waals surface area contributed by atoms with E-state index in [0.717, 1.165) is 14.7 Å². The highest BCUT2D eigenvalue weighted by atomic mass is 127. The molecule has 0 saturated heterocycles. The third kappa shape index (κ3) is 3.48. The molecule has 0 fully saturated rings. The van der Waals surface area contributed by atoms with Crippen LogP contribution < -0.4 is 4.72 Å². The second kappa shape index (κ2) is 5.50. The summed E-state index contributed by atoms with van der Waals surface area (Å²) in [7, 11) is -3.52. The summed E-state index contributed by atoms with van der Waals surface area (Å²) < 4.78 is 28.1. The molecular formula is C14H14INO2S. The van der Waals surface area contributed by atoms with Crippen LogP contribution in [0.3, 0.4) is 0 Å². The number of rotatable bonds is 3. The third-order valence-electron chi connectivity index (χ3n) is 2.89. The summed E-state index contributed by atoms with van der Waals surface area (Å²) in [4.78, 5) is 0.286. The second-order valence-electron chi connectivity index (χ2n) is 4.36. The minimum Gasteiger partial charge on any atom is -0.280 e. The lowest BCUT2D eigenvalue weighted by molar-refractivity contribution is 0.601. The Kier molecular flexibility index (Phi) is 4.15. The van der Waals surface area contributed by atoms with Crippen LogP contribution in [-0.2, 0) is 10.0 Å². The summed E-state index contributed by atoms with van der Waals surface area (Å²) in [5.41, 5.74) is 2.61. The van der Waals surface area contributed by atoms with E-state index in [9.17, 15) is 8.42 Å². The topological polar surface area (TPSA) is 46.2 Å². The average Bonchev–Trinajstić information content (AvgIpc) is 2.35. The SMILES string of the molecule is Cc1ccc(S(=O)(=O)Nc2ccc(I)cc2)cc1C. The molecule has 0 aliphatic rings. The number of sulfonamides is 1. The summed E-state index contributed by atoms with van der Waals surface area (Å²) in [5.74, 6) is 0. The van der Waals surface area contributed by atoms with Crippen molar-refractivity contribution in [2.75, 3.05) is 4.72 Å². The quantitative estimate of drug-likeness (QED) is 0.817. The van der Waals surface area contributed by atoms with Crippen molar-refractivity contribution in [1.82, 2.24) is 0 Å². The fourth-order valence-electron chi connectivity index (χ4n) is 1.61. The van der Waals surface area contributed by atoms with Crippen molar-refractivity contribution in [1.29, 1.82) is 0 Å². The van der Waals surface area contributed by atoms with Gasteiger partial charge < -0.3 is 0 Å². The van der Waals surface area contributed by atoms with Crippen LogP contribution >= 0.6 is 22.6 Å². The summed E-state index contributed by atoms with van der Waals surface area (Å²) in [6.45, 7) is 3.86. The van der Waals surface area contributed by atoms with Crippen LogP contribution in [0.25, 0.3) is 0 Å².